The Hall–Kier alpha value is -3.62. The number of H-pyrrole nitrogens is 1. The Balaban J connectivity index is 2.29. The molecule has 2 aromatic rings. The number of hydrogen-bond donors (Lipinski definition) is 8. The molecule has 0 aliphatic heterocycles. The van der Waals surface area contributed by atoms with Crippen molar-refractivity contribution in [1.29, 1.82) is 0 Å². The van der Waals surface area contributed by atoms with Crippen LogP contribution in [0.15, 0.2) is 30.5 Å². The number of hydrogen-bond acceptors (Lipinski definition) is 8. The lowest BCUT2D eigenvalue weighted by molar-refractivity contribution is -0.145. The summed E-state index contributed by atoms with van der Waals surface area (Å²) in [6, 6.07) is 2.41. The Morgan fingerprint density at radius 2 is 1.64 bits per heavy atom. The van der Waals surface area contributed by atoms with Gasteiger partial charge >= 0.3 is 5.97 Å². The van der Waals surface area contributed by atoms with Crippen LogP contribution in [0.5, 0.6) is 0 Å². The highest BCUT2D eigenvalue weighted by Gasteiger charge is 2.32. The highest BCUT2D eigenvalue weighted by Crippen LogP contribution is 2.19. The lowest BCUT2D eigenvalue weighted by Gasteiger charge is -2.25. The molecular formula is C25H36N6O7S. The molecule has 14 heteroatoms. The molecule has 39 heavy (non-hydrogen) atoms. The van der Waals surface area contributed by atoms with Gasteiger partial charge in [0.2, 0.25) is 23.6 Å². The van der Waals surface area contributed by atoms with Crippen LogP contribution >= 0.6 is 11.8 Å². The van der Waals surface area contributed by atoms with Gasteiger partial charge in [0.15, 0.2) is 6.04 Å². The molecule has 0 fully saturated rings. The molecule has 4 amide bonds. The first-order chi connectivity index (χ1) is 18.4. The van der Waals surface area contributed by atoms with Gasteiger partial charge in [0.1, 0.15) is 12.1 Å². The highest BCUT2D eigenvalue weighted by molar-refractivity contribution is 7.98. The predicted octanol–water partition coefficient (Wildman–Crippen LogP) is -1.02. The molecule has 2 rings (SSSR count). The van der Waals surface area contributed by atoms with E-state index in [1.54, 1.807) is 12.5 Å². The molecule has 5 unspecified atom stereocenters. The van der Waals surface area contributed by atoms with Gasteiger partial charge < -0.3 is 42.6 Å². The van der Waals surface area contributed by atoms with Crippen LogP contribution in [-0.4, -0.2) is 87.1 Å². The number of rotatable bonds is 16. The number of nitrogens with one attached hydrogen (secondary N) is 4. The lowest BCUT2D eigenvalue weighted by atomic mass is 10.0. The van der Waals surface area contributed by atoms with Crippen molar-refractivity contribution in [2.45, 2.75) is 62.9 Å². The molecular weight excluding hydrogens is 528 g/mol. The number of nitrogens with two attached hydrogens (primary N) is 2. The lowest BCUT2D eigenvalue weighted by Crippen LogP contribution is -2.58. The molecule has 10 N–H and O–H groups in total. The number of carboxylic acid groups (broad SMARTS) is 1. The summed E-state index contributed by atoms with van der Waals surface area (Å²) in [5.74, 6) is -3.75. The van der Waals surface area contributed by atoms with Gasteiger partial charge in [-0.05, 0) is 43.4 Å². The fourth-order valence-electron chi connectivity index (χ4n) is 3.86. The minimum atomic E-state index is -1.57. The number of aliphatic carboxylic acids is 1. The fraction of sp³-hybridized carbons (Fsp3) is 0.480. The molecule has 0 saturated heterocycles. The zero-order valence-corrected chi connectivity index (χ0v) is 22.6. The fourth-order valence-corrected chi connectivity index (χ4v) is 4.33. The normalized spacial score (nSPS) is 15.0. The number of aromatic amines is 1. The van der Waals surface area contributed by atoms with E-state index < -0.39 is 59.9 Å². The third-order valence-electron chi connectivity index (χ3n) is 6.06. The number of carbonyl (C=O) groups is 5. The molecule has 1 heterocycles. The SMILES string of the molecule is CSCCC(NC(=O)C(Cc1c[nH]c2ccccc12)NC(=O)C(N)CCC(N)=O)C(=O)NC(C(=O)O)C(C)O. The van der Waals surface area contributed by atoms with Crippen molar-refractivity contribution in [3.05, 3.63) is 36.0 Å². The molecule has 0 aliphatic rings. The van der Waals surface area contributed by atoms with E-state index in [-0.39, 0.29) is 25.7 Å². The highest BCUT2D eigenvalue weighted by atomic mass is 32.2. The smallest absolute Gasteiger partial charge is 0.328 e. The van der Waals surface area contributed by atoms with Crippen LogP contribution < -0.4 is 27.4 Å². The van der Waals surface area contributed by atoms with E-state index in [1.165, 1.54) is 18.7 Å². The van der Waals surface area contributed by atoms with E-state index in [2.05, 4.69) is 20.9 Å². The van der Waals surface area contributed by atoms with Gasteiger partial charge in [-0.25, -0.2) is 4.79 Å². The summed E-state index contributed by atoms with van der Waals surface area (Å²) in [5.41, 5.74) is 12.6. The molecule has 0 spiro atoms. The van der Waals surface area contributed by atoms with Crippen LogP contribution in [-0.2, 0) is 30.4 Å². The Morgan fingerprint density at radius 3 is 2.26 bits per heavy atom. The van der Waals surface area contributed by atoms with Crippen LogP contribution in [0, 0.1) is 0 Å². The summed E-state index contributed by atoms with van der Waals surface area (Å²) in [7, 11) is 0. The van der Waals surface area contributed by atoms with Crippen LogP contribution in [0.2, 0.25) is 0 Å². The molecule has 0 saturated carbocycles. The number of fused-ring (bicyclic) bond motifs is 1. The number of aromatic nitrogens is 1. The maximum Gasteiger partial charge on any atom is 0.328 e. The average molecular weight is 565 g/mol. The summed E-state index contributed by atoms with van der Waals surface area (Å²) in [5, 5.41) is 27.4. The van der Waals surface area contributed by atoms with E-state index >= 15 is 0 Å². The first-order valence-electron chi connectivity index (χ1n) is 12.3. The van der Waals surface area contributed by atoms with Crippen molar-refractivity contribution in [2.75, 3.05) is 12.0 Å². The monoisotopic (exact) mass is 564 g/mol. The van der Waals surface area contributed by atoms with Crippen LogP contribution in [0.1, 0.15) is 31.7 Å². The minimum absolute atomic E-state index is 0.0166. The van der Waals surface area contributed by atoms with E-state index in [1.807, 2.05) is 24.3 Å². The number of aliphatic hydroxyl groups excluding tert-OH is 1. The number of primary amides is 1. The number of thioether (sulfide) groups is 1. The van der Waals surface area contributed by atoms with Gasteiger partial charge in [-0.15, -0.1) is 0 Å². The van der Waals surface area contributed by atoms with Crippen molar-refractivity contribution in [3.63, 3.8) is 0 Å². The Kier molecular flexibility index (Phi) is 12.2. The molecule has 1 aromatic heterocycles. The summed E-state index contributed by atoms with van der Waals surface area (Å²) in [6.07, 6.45) is 2.22. The van der Waals surface area contributed by atoms with Crippen molar-refractivity contribution in [2.24, 2.45) is 11.5 Å². The molecule has 0 aliphatic carbocycles. The van der Waals surface area contributed by atoms with Gasteiger partial charge in [0.25, 0.3) is 0 Å². The van der Waals surface area contributed by atoms with E-state index in [4.69, 9.17) is 11.5 Å². The summed E-state index contributed by atoms with van der Waals surface area (Å²) in [6.45, 7) is 1.22. The van der Waals surface area contributed by atoms with E-state index in [9.17, 15) is 34.2 Å². The number of carboxylic acids is 1. The van der Waals surface area contributed by atoms with E-state index in [0.717, 1.165) is 16.5 Å². The van der Waals surface area contributed by atoms with Crippen molar-refractivity contribution in [1.82, 2.24) is 20.9 Å². The zero-order valence-electron chi connectivity index (χ0n) is 21.8. The predicted molar refractivity (Wildman–Crippen MR) is 147 cm³/mol. The maximum absolute atomic E-state index is 13.5. The Morgan fingerprint density at radius 1 is 1.00 bits per heavy atom. The summed E-state index contributed by atoms with van der Waals surface area (Å²) >= 11 is 1.42. The third-order valence-corrected chi connectivity index (χ3v) is 6.70. The second-order valence-corrected chi connectivity index (χ2v) is 10.1. The standard InChI is InChI=1S/C25H36N6O7S/c1-13(32)21(25(37)38)31-23(35)18(9-10-39-2)29-24(36)19(30-22(34)16(26)7-8-20(27)33)11-14-12-28-17-6-4-3-5-15(14)17/h3-6,12-13,16,18-19,21,28,32H,7-11,26H2,1-2H3,(H2,27,33)(H,29,36)(H,30,34)(H,31,35)(H,37,38). The quantitative estimate of drug-likeness (QED) is 0.124. The van der Waals surface area contributed by atoms with Crippen molar-refractivity contribution >= 4 is 52.3 Å². The molecule has 1 aromatic carbocycles. The summed E-state index contributed by atoms with van der Waals surface area (Å²) < 4.78 is 0. The Labute approximate surface area is 229 Å². The molecule has 0 radical (unpaired) electrons. The van der Waals surface area contributed by atoms with Crippen LogP contribution in [0.25, 0.3) is 10.9 Å². The topological polar surface area (TPSA) is 230 Å². The number of aliphatic hydroxyl groups is 1. The van der Waals surface area contributed by atoms with Gasteiger partial charge in [-0.1, -0.05) is 18.2 Å². The first-order valence-corrected chi connectivity index (χ1v) is 13.7. The second-order valence-electron chi connectivity index (χ2n) is 9.14. The second kappa shape index (κ2) is 15.1. The number of carbonyl (C=O) groups excluding carboxylic acids is 4. The van der Waals surface area contributed by atoms with Gasteiger partial charge in [0.05, 0.1) is 12.1 Å². The molecule has 13 nitrogen and oxygen atoms in total. The maximum atomic E-state index is 13.5. The largest absolute Gasteiger partial charge is 0.480 e. The van der Waals surface area contributed by atoms with Gasteiger partial charge in [-0.3, -0.25) is 19.2 Å². The Bertz CT molecular complexity index is 1170. The van der Waals surface area contributed by atoms with Crippen LogP contribution in [0.4, 0.5) is 0 Å². The van der Waals surface area contributed by atoms with Crippen molar-refractivity contribution in [3.8, 4) is 0 Å². The van der Waals surface area contributed by atoms with Gasteiger partial charge in [0, 0.05) is 29.9 Å². The zero-order chi connectivity index (χ0) is 29.1. The number of amides is 4. The number of para-hydroxylation sites is 1. The molecule has 214 valence electrons. The molecule has 0 bridgehead atoms. The van der Waals surface area contributed by atoms with Crippen molar-refractivity contribution < 1.29 is 34.2 Å². The summed E-state index contributed by atoms with van der Waals surface area (Å²) in [4.78, 5) is 64.8. The van der Waals surface area contributed by atoms with Crippen LogP contribution in [0.3, 0.4) is 0 Å². The van der Waals surface area contributed by atoms with Gasteiger partial charge in [-0.2, -0.15) is 11.8 Å². The number of benzene rings is 1. The molecule has 5 atom stereocenters. The minimum Gasteiger partial charge on any atom is -0.480 e. The third kappa shape index (κ3) is 9.57. The average Bonchev–Trinajstić information content (AvgIpc) is 3.29. The first kappa shape index (κ1) is 31.6. The van der Waals surface area contributed by atoms with E-state index in [0.29, 0.717) is 5.75 Å².